The normalized spacial score (nSPS) is 52.4. The van der Waals surface area contributed by atoms with E-state index in [1.165, 1.54) is 57.8 Å². The molecule has 0 saturated heterocycles. The molecule has 2 N–H and O–H groups in total. The van der Waals surface area contributed by atoms with Crippen molar-refractivity contribution in [1.82, 2.24) is 0 Å². The quantitative estimate of drug-likeness (QED) is 0.358. The van der Waals surface area contributed by atoms with Crippen molar-refractivity contribution in [3.05, 3.63) is 0 Å². The molecule has 4 saturated carbocycles. The Morgan fingerprint density at radius 1 is 0.892 bits per heavy atom. The third kappa shape index (κ3) is 4.89. The third-order valence-corrected chi connectivity index (χ3v) is 13.5. The van der Waals surface area contributed by atoms with E-state index in [0.29, 0.717) is 52.8 Å². The second-order valence-corrected chi connectivity index (χ2v) is 17.5. The van der Waals surface area contributed by atoms with E-state index in [2.05, 4.69) is 76.2 Å². The van der Waals surface area contributed by atoms with E-state index in [4.69, 9.17) is 0 Å². The Balaban J connectivity index is 1.63. The molecule has 2 heteroatoms. The van der Waals surface area contributed by atoms with Gasteiger partial charge in [0, 0.05) is 5.41 Å². The molecule has 4 aliphatic rings. The lowest BCUT2D eigenvalue weighted by Crippen LogP contribution is -2.70. The second kappa shape index (κ2) is 10.1. The van der Waals surface area contributed by atoms with Crippen molar-refractivity contribution in [2.24, 2.45) is 74.9 Å². The van der Waals surface area contributed by atoms with Crippen molar-refractivity contribution in [2.45, 2.75) is 146 Å². The van der Waals surface area contributed by atoms with Crippen molar-refractivity contribution in [2.75, 3.05) is 0 Å². The van der Waals surface area contributed by atoms with Crippen LogP contribution in [0.5, 0.6) is 0 Å². The van der Waals surface area contributed by atoms with E-state index < -0.39 is 0 Å². The number of aliphatic hydroxyl groups is 2. The topological polar surface area (TPSA) is 40.5 Å². The summed E-state index contributed by atoms with van der Waals surface area (Å²) in [7, 11) is 0. The van der Waals surface area contributed by atoms with E-state index >= 15 is 0 Å². The van der Waals surface area contributed by atoms with Crippen LogP contribution in [-0.2, 0) is 0 Å². The first kappa shape index (κ1) is 29.9. The lowest BCUT2D eigenvalue weighted by Gasteiger charge is -2.72. The fourth-order valence-corrected chi connectivity index (χ4v) is 11.9. The lowest BCUT2D eigenvalue weighted by molar-refractivity contribution is -0.276. The molecule has 13 atom stereocenters. The molecule has 4 rings (SSSR count). The van der Waals surface area contributed by atoms with Gasteiger partial charge in [-0.15, -0.1) is 0 Å². The molecular weight excluding hydrogens is 452 g/mol. The number of aliphatic hydroxyl groups excluding tert-OH is 2. The highest BCUT2D eigenvalue weighted by atomic mass is 16.3. The summed E-state index contributed by atoms with van der Waals surface area (Å²) in [5, 5.41) is 24.4. The molecule has 37 heavy (non-hydrogen) atoms. The van der Waals surface area contributed by atoms with Crippen molar-refractivity contribution < 1.29 is 10.2 Å². The van der Waals surface area contributed by atoms with Crippen LogP contribution in [-0.4, -0.2) is 22.4 Å². The number of hydrogen-bond acceptors (Lipinski definition) is 2. The Hall–Kier alpha value is -0.0800. The zero-order valence-corrected chi connectivity index (χ0v) is 26.6. The molecule has 0 aromatic heterocycles. The molecule has 4 fully saturated rings. The van der Waals surface area contributed by atoms with Crippen LogP contribution in [0.3, 0.4) is 0 Å². The maximum absolute atomic E-state index is 12.3. The summed E-state index contributed by atoms with van der Waals surface area (Å²) >= 11 is 0. The fourth-order valence-electron chi connectivity index (χ4n) is 11.9. The maximum atomic E-state index is 12.3. The SMILES string of the molecule is CC(C)C1C(C)CC2(C)CC3(C)CC4C(CCCCC(C)(C)C)CCC(C)C4C(O)C3C(C)C2(C)C1O. The zero-order valence-electron chi connectivity index (χ0n) is 26.6. The highest BCUT2D eigenvalue weighted by Crippen LogP contribution is 2.73. The highest BCUT2D eigenvalue weighted by molar-refractivity contribution is 5.18. The summed E-state index contributed by atoms with van der Waals surface area (Å²) in [4.78, 5) is 0. The first-order chi connectivity index (χ1) is 17.0. The van der Waals surface area contributed by atoms with Crippen LogP contribution < -0.4 is 0 Å². The minimum Gasteiger partial charge on any atom is -0.392 e. The van der Waals surface area contributed by atoms with Gasteiger partial charge in [0.25, 0.3) is 0 Å². The largest absolute Gasteiger partial charge is 0.392 e. The van der Waals surface area contributed by atoms with Crippen LogP contribution >= 0.6 is 0 Å². The summed E-state index contributed by atoms with van der Waals surface area (Å²) < 4.78 is 0. The first-order valence-corrected chi connectivity index (χ1v) is 16.3. The van der Waals surface area contributed by atoms with Gasteiger partial charge in [0.2, 0.25) is 0 Å². The summed E-state index contributed by atoms with van der Waals surface area (Å²) in [6, 6.07) is 0. The number of rotatable bonds is 5. The van der Waals surface area contributed by atoms with Gasteiger partial charge < -0.3 is 10.2 Å². The van der Waals surface area contributed by atoms with Crippen LogP contribution in [0.15, 0.2) is 0 Å². The van der Waals surface area contributed by atoms with Gasteiger partial charge in [0.1, 0.15) is 0 Å². The monoisotopic (exact) mass is 516 g/mol. The predicted octanol–water partition coefficient (Wildman–Crippen LogP) is 8.98. The van der Waals surface area contributed by atoms with Gasteiger partial charge in [-0.1, -0.05) is 102 Å². The number of fused-ring (bicyclic) bond motifs is 3. The number of hydrogen-bond donors (Lipinski definition) is 2. The minimum atomic E-state index is -0.287. The molecule has 0 spiro atoms. The smallest absolute Gasteiger partial charge is 0.0634 e. The van der Waals surface area contributed by atoms with Crippen LogP contribution in [0.25, 0.3) is 0 Å². The third-order valence-electron chi connectivity index (χ3n) is 13.5. The van der Waals surface area contributed by atoms with Crippen LogP contribution in [0.4, 0.5) is 0 Å². The Labute approximate surface area is 231 Å². The molecule has 2 nitrogen and oxygen atoms in total. The molecule has 13 unspecified atom stereocenters. The minimum absolute atomic E-state index is 0.122. The molecule has 0 aromatic rings. The van der Waals surface area contributed by atoms with Crippen molar-refractivity contribution in [3.63, 3.8) is 0 Å². The molecule has 216 valence electrons. The Morgan fingerprint density at radius 2 is 1.54 bits per heavy atom. The summed E-state index contributed by atoms with van der Waals surface area (Å²) in [6.07, 6.45) is 11.2. The Kier molecular flexibility index (Phi) is 8.14. The standard InChI is InChI=1S/C35H64O2/c1-21(2)27-23(4)18-34(10)20-33(9)19-26-25(14-12-13-17-32(6,7)8)16-15-22(3)28(26)30(36)29(33)24(5)35(34,11)31(27)37/h21-31,36-37H,12-20H2,1-11H3. The van der Waals surface area contributed by atoms with Crippen LogP contribution in [0, 0.1) is 74.9 Å². The molecule has 0 heterocycles. The van der Waals surface area contributed by atoms with Gasteiger partial charge in [-0.25, -0.2) is 0 Å². The van der Waals surface area contributed by atoms with E-state index in [-0.39, 0.29) is 28.5 Å². The average molecular weight is 517 g/mol. The van der Waals surface area contributed by atoms with Gasteiger partial charge in [-0.05, 0) is 102 Å². The van der Waals surface area contributed by atoms with Gasteiger partial charge >= 0.3 is 0 Å². The first-order valence-electron chi connectivity index (χ1n) is 16.3. The molecule has 0 radical (unpaired) electrons. The Bertz CT molecular complexity index is 798. The second-order valence-electron chi connectivity index (χ2n) is 17.5. The van der Waals surface area contributed by atoms with Gasteiger partial charge in [0.15, 0.2) is 0 Å². The van der Waals surface area contributed by atoms with E-state index in [1.807, 2.05) is 0 Å². The molecule has 0 bridgehead atoms. The van der Waals surface area contributed by atoms with Gasteiger partial charge in [-0.2, -0.15) is 0 Å². The lowest BCUT2D eigenvalue weighted by atomic mass is 9.34. The molecule has 0 amide bonds. The fraction of sp³-hybridized carbons (Fsp3) is 1.00. The van der Waals surface area contributed by atoms with Crippen LogP contribution in [0.2, 0.25) is 0 Å². The molecule has 0 aromatic carbocycles. The van der Waals surface area contributed by atoms with E-state index in [0.717, 1.165) is 5.92 Å². The van der Waals surface area contributed by atoms with Crippen molar-refractivity contribution in [3.8, 4) is 0 Å². The maximum Gasteiger partial charge on any atom is 0.0634 e. The molecule has 4 aliphatic carbocycles. The molecular formula is C35H64O2. The number of unbranched alkanes of at least 4 members (excludes halogenated alkanes) is 1. The van der Waals surface area contributed by atoms with Crippen LogP contribution in [0.1, 0.15) is 134 Å². The van der Waals surface area contributed by atoms with Crippen molar-refractivity contribution >= 4 is 0 Å². The highest BCUT2D eigenvalue weighted by Gasteiger charge is 2.70. The average Bonchev–Trinajstić information content (AvgIpc) is 2.73. The van der Waals surface area contributed by atoms with E-state index in [9.17, 15) is 10.2 Å². The van der Waals surface area contributed by atoms with Crippen molar-refractivity contribution in [1.29, 1.82) is 0 Å². The predicted molar refractivity (Wildman–Crippen MR) is 157 cm³/mol. The summed E-state index contributed by atoms with van der Waals surface area (Å²) in [6.45, 7) is 26.5. The Morgan fingerprint density at radius 3 is 2.14 bits per heavy atom. The van der Waals surface area contributed by atoms with E-state index in [1.54, 1.807) is 0 Å². The summed E-state index contributed by atoms with van der Waals surface area (Å²) in [5.74, 6) is 4.52. The van der Waals surface area contributed by atoms with Gasteiger partial charge in [0.05, 0.1) is 12.2 Å². The molecule has 0 aliphatic heterocycles. The zero-order chi connectivity index (χ0) is 27.7. The van der Waals surface area contributed by atoms with Gasteiger partial charge in [-0.3, -0.25) is 0 Å². The summed E-state index contributed by atoms with van der Waals surface area (Å²) in [5.41, 5.74) is 0.578.